The molecule has 2 aromatic rings. The summed E-state index contributed by atoms with van der Waals surface area (Å²) in [6, 6.07) is 13.4. The van der Waals surface area contributed by atoms with Crippen LogP contribution in [0.4, 0.5) is 0 Å². The van der Waals surface area contributed by atoms with Crippen molar-refractivity contribution in [3.63, 3.8) is 0 Å². The monoisotopic (exact) mass is 269 g/mol. The number of nitrogens with one attached hydrogen (secondary N) is 1. The molecule has 20 heavy (non-hydrogen) atoms. The summed E-state index contributed by atoms with van der Waals surface area (Å²) < 4.78 is 5.38. The van der Waals surface area contributed by atoms with Crippen molar-refractivity contribution in [2.75, 3.05) is 0 Å². The largest absolute Gasteiger partial charge is 0.469 e. The molecule has 1 heterocycles. The lowest BCUT2D eigenvalue weighted by Gasteiger charge is -2.15. The normalized spacial score (nSPS) is 16.2. The van der Waals surface area contributed by atoms with Gasteiger partial charge < -0.3 is 9.73 Å². The predicted octanol–water partition coefficient (Wildman–Crippen LogP) is 4.27. The zero-order valence-electron chi connectivity index (χ0n) is 12.1. The van der Waals surface area contributed by atoms with Gasteiger partial charge in [0.1, 0.15) is 5.76 Å². The van der Waals surface area contributed by atoms with E-state index in [1.165, 1.54) is 18.4 Å². The first kappa shape index (κ1) is 13.4. The molecule has 1 saturated carbocycles. The lowest BCUT2D eigenvalue weighted by atomic mass is 10.0. The Hall–Kier alpha value is -1.54. The third-order valence-electron chi connectivity index (χ3n) is 4.12. The van der Waals surface area contributed by atoms with Gasteiger partial charge in [-0.2, -0.15) is 0 Å². The van der Waals surface area contributed by atoms with Crippen LogP contribution in [0.5, 0.6) is 0 Å². The summed E-state index contributed by atoms with van der Waals surface area (Å²) in [7, 11) is 0. The third-order valence-corrected chi connectivity index (χ3v) is 4.12. The van der Waals surface area contributed by atoms with E-state index in [1.807, 2.05) is 6.07 Å². The molecule has 2 nitrogen and oxygen atoms in total. The van der Waals surface area contributed by atoms with E-state index in [-0.39, 0.29) is 0 Å². The number of aryl methyl sites for hydroxylation is 1. The fourth-order valence-electron chi connectivity index (χ4n) is 2.69. The molecule has 0 spiro atoms. The van der Waals surface area contributed by atoms with Gasteiger partial charge in [0.2, 0.25) is 0 Å². The van der Waals surface area contributed by atoms with Crippen molar-refractivity contribution >= 4 is 0 Å². The summed E-state index contributed by atoms with van der Waals surface area (Å²) in [6.45, 7) is 3.23. The highest BCUT2D eigenvalue weighted by Gasteiger charge is 2.25. The molecule has 0 bridgehead atoms. The summed E-state index contributed by atoms with van der Waals surface area (Å²) >= 11 is 0. The summed E-state index contributed by atoms with van der Waals surface area (Å²) in [6.07, 6.45) is 6.60. The fourth-order valence-corrected chi connectivity index (χ4v) is 2.69. The van der Waals surface area contributed by atoms with E-state index in [2.05, 4.69) is 42.6 Å². The Morgan fingerprint density at radius 2 is 2.05 bits per heavy atom. The smallest absolute Gasteiger partial charge is 0.103 e. The summed E-state index contributed by atoms with van der Waals surface area (Å²) in [5.41, 5.74) is 3.03. The second-order valence-electron chi connectivity index (χ2n) is 5.87. The molecular formula is C18H23NO. The van der Waals surface area contributed by atoms with Crippen LogP contribution in [0.25, 0.3) is 0 Å². The Bertz CT molecular complexity index is 528. The van der Waals surface area contributed by atoms with E-state index < -0.39 is 0 Å². The van der Waals surface area contributed by atoms with Gasteiger partial charge in [-0.1, -0.05) is 24.3 Å². The van der Waals surface area contributed by atoms with E-state index in [1.54, 1.807) is 11.8 Å². The topological polar surface area (TPSA) is 25.2 Å². The first-order valence-electron chi connectivity index (χ1n) is 7.66. The molecule has 1 aromatic heterocycles. The number of benzene rings is 1. The minimum absolute atomic E-state index is 0.507. The van der Waals surface area contributed by atoms with Gasteiger partial charge in [-0.3, -0.25) is 0 Å². The molecule has 0 saturated heterocycles. The lowest BCUT2D eigenvalue weighted by molar-refractivity contribution is 0.459. The quantitative estimate of drug-likeness (QED) is 0.812. The molecule has 1 fully saturated rings. The highest BCUT2D eigenvalue weighted by Crippen LogP contribution is 2.41. The maximum absolute atomic E-state index is 5.38. The van der Waals surface area contributed by atoms with E-state index in [0.717, 1.165) is 31.1 Å². The van der Waals surface area contributed by atoms with Gasteiger partial charge in [-0.25, -0.2) is 0 Å². The van der Waals surface area contributed by atoms with Crippen LogP contribution in [0.1, 0.15) is 49.0 Å². The Morgan fingerprint density at radius 3 is 2.80 bits per heavy atom. The van der Waals surface area contributed by atoms with Crippen LogP contribution in [-0.4, -0.2) is 6.04 Å². The van der Waals surface area contributed by atoms with Crippen molar-refractivity contribution in [3.05, 3.63) is 59.5 Å². The minimum Gasteiger partial charge on any atom is -0.469 e. The second kappa shape index (κ2) is 6.27. The Kier molecular flexibility index (Phi) is 4.22. The maximum atomic E-state index is 5.38. The number of hydrogen-bond acceptors (Lipinski definition) is 2. The first-order chi connectivity index (χ1) is 9.83. The van der Waals surface area contributed by atoms with Crippen LogP contribution in [0.3, 0.4) is 0 Å². The van der Waals surface area contributed by atoms with Gasteiger partial charge in [-0.15, -0.1) is 0 Å². The zero-order valence-corrected chi connectivity index (χ0v) is 12.1. The second-order valence-corrected chi connectivity index (χ2v) is 5.87. The Morgan fingerprint density at radius 1 is 1.20 bits per heavy atom. The molecular weight excluding hydrogens is 246 g/mol. The number of hydrogen-bond donors (Lipinski definition) is 1. The number of furan rings is 1. The van der Waals surface area contributed by atoms with Crippen molar-refractivity contribution in [1.82, 2.24) is 5.32 Å². The molecule has 0 amide bonds. The average Bonchev–Trinajstić information content (AvgIpc) is 3.19. The van der Waals surface area contributed by atoms with Crippen molar-refractivity contribution in [2.45, 2.75) is 51.1 Å². The number of rotatable bonds is 7. The van der Waals surface area contributed by atoms with E-state index >= 15 is 0 Å². The van der Waals surface area contributed by atoms with Gasteiger partial charge in [0.05, 0.1) is 6.26 Å². The molecule has 2 heteroatoms. The molecule has 106 valence electrons. The Labute approximate surface area is 121 Å². The standard InChI is InChI=1S/C18H23NO/c1-14(8-11-17-6-4-12-20-17)19-13-16-5-2-3-7-18(16)15-9-10-15/h2-7,12,14-15,19H,8-11,13H2,1H3. The van der Waals surface area contributed by atoms with E-state index in [9.17, 15) is 0 Å². The van der Waals surface area contributed by atoms with Crippen LogP contribution in [0.2, 0.25) is 0 Å². The molecule has 1 aliphatic carbocycles. The van der Waals surface area contributed by atoms with E-state index in [4.69, 9.17) is 4.42 Å². The van der Waals surface area contributed by atoms with Crippen LogP contribution in [0.15, 0.2) is 47.1 Å². The molecule has 0 aliphatic heterocycles. The van der Waals surface area contributed by atoms with Crippen molar-refractivity contribution in [1.29, 1.82) is 0 Å². The molecule has 3 rings (SSSR count). The predicted molar refractivity (Wildman–Crippen MR) is 81.7 cm³/mol. The van der Waals surface area contributed by atoms with Crippen LogP contribution in [-0.2, 0) is 13.0 Å². The van der Waals surface area contributed by atoms with Gasteiger partial charge in [0.25, 0.3) is 0 Å². The van der Waals surface area contributed by atoms with Crippen LogP contribution in [0, 0.1) is 0 Å². The van der Waals surface area contributed by atoms with E-state index in [0.29, 0.717) is 6.04 Å². The van der Waals surface area contributed by atoms with Crippen molar-refractivity contribution in [2.24, 2.45) is 0 Å². The first-order valence-corrected chi connectivity index (χ1v) is 7.66. The summed E-state index contributed by atoms with van der Waals surface area (Å²) in [5, 5.41) is 3.64. The Balaban J connectivity index is 1.49. The van der Waals surface area contributed by atoms with Gasteiger partial charge in [0, 0.05) is 19.0 Å². The van der Waals surface area contributed by atoms with Crippen molar-refractivity contribution in [3.8, 4) is 0 Å². The lowest BCUT2D eigenvalue weighted by Crippen LogP contribution is -2.26. The molecule has 1 aliphatic rings. The molecule has 0 radical (unpaired) electrons. The summed E-state index contributed by atoms with van der Waals surface area (Å²) in [5.74, 6) is 1.91. The fraction of sp³-hybridized carbons (Fsp3) is 0.444. The molecule has 1 unspecified atom stereocenters. The minimum atomic E-state index is 0.507. The zero-order chi connectivity index (χ0) is 13.8. The van der Waals surface area contributed by atoms with Gasteiger partial charge >= 0.3 is 0 Å². The highest BCUT2D eigenvalue weighted by molar-refractivity contribution is 5.33. The molecule has 1 N–H and O–H groups in total. The van der Waals surface area contributed by atoms with Gasteiger partial charge in [0.15, 0.2) is 0 Å². The SMILES string of the molecule is CC(CCc1ccco1)NCc1ccccc1C1CC1. The maximum Gasteiger partial charge on any atom is 0.103 e. The third kappa shape index (κ3) is 3.51. The average molecular weight is 269 g/mol. The van der Waals surface area contributed by atoms with Crippen LogP contribution >= 0.6 is 0 Å². The highest BCUT2D eigenvalue weighted by atomic mass is 16.3. The summed E-state index contributed by atoms with van der Waals surface area (Å²) in [4.78, 5) is 0. The van der Waals surface area contributed by atoms with Crippen molar-refractivity contribution < 1.29 is 4.42 Å². The van der Waals surface area contributed by atoms with Gasteiger partial charge in [-0.05, 0) is 55.4 Å². The molecule has 1 aromatic carbocycles. The van der Waals surface area contributed by atoms with Crippen LogP contribution < -0.4 is 5.32 Å². The molecule has 1 atom stereocenters.